The highest BCUT2D eigenvalue weighted by Crippen LogP contribution is 2.09. The number of aryl methyl sites for hydroxylation is 1. The molecule has 5 heteroatoms. The predicted octanol–water partition coefficient (Wildman–Crippen LogP) is 1.75. The van der Waals surface area contributed by atoms with E-state index in [-0.39, 0.29) is 11.5 Å². The molecule has 0 saturated heterocycles. The monoisotopic (exact) mass is 257 g/mol. The van der Waals surface area contributed by atoms with Gasteiger partial charge in [-0.05, 0) is 32.0 Å². The Morgan fingerprint density at radius 3 is 2.58 bits per heavy atom. The van der Waals surface area contributed by atoms with Crippen molar-refractivity contribution in [1.29, 1.82) is 0 Å². The lowest BCUT2D eigenvalue weighted by molar-refractivity contribution is -0.119. The molecule has 0 saturated carbocycles. The van der Waals surface area contributed by atoms with Crippen molar-refractivity contribution >= 4 is 11.6 Å². The molecular weight excluding hydrogens is 242 g/mol. The normalized spacial score (nSPS) is 11.9. The summed E-state index contributed by atoms with van der Waals surface area (Å²) in [6.45, 7) is 3.42. The van der Waals surface area contributed by atoms with E-state index in [4.69, 9.17) is 0 Å². The van der Waals surface area contributed by atoms with Crippen molar-refractivity contribution in [2.24, 2.45) is 0 Å². The molecule has 98 valence electrons. The molecule has 1 N–H and O–H groups in total. The molecule has 0 aliphatic heterocycles. The summed E-state index contributed by atoms with van der Waals surface area (Å²) in [6.07, 6.45) is 0. The zero-order chi connectivity index (χ0) is 13.8. The van der Waals surface area contributed by atoms with E-state index in [2.05, 4.69) is 10.4 Å². The minimum atomic E-state index is -0.660. The van der Waals surface area contributed by atoms with Crippen LogP contribution in [-0.4, -0.2) is 15.7 Å². The number of nitrogens with zero attached hydrogens (tertiary/aromatic N) is 2. The minimum Gasteiger partial charge on any atom is -0.324 e. The van der Waals surface area contributed by atoms with Crippen LogP contribution < -0.4 is 10.9 Å². The zero-order valence-corrected chi connectivity index (χ0v) is 10.8. The first kappa shape index (κ1) is 13.0. The van der Waals surface area contributed by atoms with Crippen LogP contribution in [0.15, 0.2) is 47.3 Å². The molecule has 19 heavy (non-hydrogen) atoms. The van der Waals surface area contributed by atoms with E-state index >= 15 is 0 Å². The van der Waals surface area contributed by atoms with Crippen molar-refractivity contribution < 1.29 is 4.79 Å². The maximum Gasteiger partial charge on any atom is 0.267 e. The standard InChI is InChI=1S/C14H15N3O2/c1-10-8-9-13(18)17(16-10)11(2)14(19)15-12-6-4-3-5-7-12/h3-9,11H,1-2H3,(H,15,19)/t11-/m1/s1. The van der Waals surface area contributed by atoms with Gasteiger partial charge in [-0.1, -0.05) is 18.2 Å². The third kappa shape index (κ3) is 3.07. The molecular formula is C14H15N3O2. The molecule has 0 fully saturated rings. The third-order valence-electron chi connectivity index (χ3n) is 2.75. The molecule has 1 amide bonds. The quantitative estimate of drug-likeness (QED) is 0.911. The lowest BCUT2D eigenvalue weighted by atomic mass is 10.2. The van der Waals surface area contributed by atoms with Crippen molar-refractivity contribution in [3.63, 3.8) is 0 Å². The summed E-state index contributed by atoms with van der Waals surface area (Å²) in [6, 6.07) is 11.5. The van der Waals surface area contributed by atoms with Gasteiger partial charge < -0.3 is 5.32 Å². The second kappa shape index (κ2) is 5.48. The topological polar surface area (TPSA) is 64.0 Å². The van der Waals surface area contributed by atoms with Gasteiger partial charge in [-0.3, -0.25) is 9.59 Å². The number of nitrogens with one attached hydrogen (secondary N) is 1. The number of carbonyl (C=O) groups is 1. The average Bonchev–Trinajstić information content (AvgIpc) is 2.42. The van der Waals surface area contributed by atoms with Crippen LogP contribution in [0.4, 0.5) is 5.69 Å². The average molecular weight is 257 g/mol. The van der Waals surface area contributed by atoms with Crippen molar-refractivity contribution in [3.8, 4) is 0 Å². The lowest BCUT2D eigenvalue weighted by Crippen LogP contribution is -2.33. The molecule has 5 nitrogen and oxygen atoms in total. The molecule has 0 radical (unpaired) electrons. The number of hydrogen-bond donors (Lipinski definition) is 1. The number of aromatic nitrogens is 2. The van der Waals surface area contributed by atoms with E-state index in [0.29, 0.717) is 11.4 Å². The molecule has 1 heterocycles. The van der Waals surface area contributed by atoms with E-state index in [1.54, 1.807) is 32.0 Å². The number of rotatable bonds is 3. The molecule has 0 aliphatic carbocycles. The second-order valence-electron chi connectivity index (χ2n) is 4.29. The Morgan fingerprint density at radius 1 is 1.21 bits per heavy atom. The fourth-order valence-corrected chi connectivity index (χ4v) is 1.68. The predicted molar refractivity (Wildman–Crippen MR) is 73.0 cm³/mol. The lowest BCUT2D eigenvalue weighted by Gasteiger charge is -2.14. The van der Waals surface area contributed by atoms with Crippen LogP contribution in [0.1, 0.15) is 18.7 Å². The highest BCUT2D eigenvalue weighted by molar-refractivity contribution is 5.93. The van der Waals surface area contributed by atoms with Crippen LogP contribution in [-0.2, 0) is 4.79 Å². The fraction of sp³-hybridized carbons (Fsp3) is 0.214. The second-order valence-corrected chi connectivity index (χ2v) is 4.29. The Morgan fingerprint density at radius 2 is 1.89 bits per heavy atom. The molecule has 1 aromatic carbocycles. The third-order valence-corrected chi connectivity index (χ3v) is 2.75. The van der Waals surface area contributed by atoms with Crippen LogP contribution in [0.3, 0.4) is 0 Å². The first-order valence-corrected chi connectivity index (χ1v) is 6.00. The largest absolute Gasteiger partial charge is 0.324 e. The SMILES string of the molecule is Cc1ccc(=O)n([C@H](C)C(=O)Nc2ccccc2)n1. The Labute approximate surface area is 110 Å². The summed E-state index contributed by atoms with van der Waals surface area (Å²) >= 11 is 0. The van der Waals surface area contributed by atoms with Gasteiger partial charge in [-0.25, -0.2) is 4.68 Å². The maximum absolute atomic E-state index is 12.1. The summed E-state index contributed by atoms with van der Waals surface area (Å²) in [5.74, 6) is -0.272. The molecule has 0 aliphatic rings. The van der Waals surface area contributed by atoms with Gasteiger partial charge in [-0.15, -0.1) is 0 Å². The van der Waals surface area contributed by atoms with Crippen LogP contribution in [0.5, 0.6) is 0 Å². The van der Waals surface area contributed by atoms with Crippen LogP contribution in [0.25, 0.3) is 0 Å². The summed E-state index contributed by atoms with van der Waals surface area (Å²) in [5, 5.41) is 6.83. The van der Waals surface area contributed by atoms with Gasteiger partial charge in [-0.2, -0.15) is 5.10 Å². The highest BCUT2D eigenvalue weighted by atomic mass is 16.2. The maximum atomic E-state index is 12.1. The van der Waals surface area contributed by atoms with Gasteiger partial charge in [0.1, 0.15) is 6.04 Å². The van der Waals surface area contributed by atoms with E-state index < -0.39 is 6.04 Å². The van der Waals surface area contributed by atoms with E-state index in [9.17, 15) is 9.59 Å². The highest BCUT2D eigenvalue weighted by Gasteiger charge is 2.17. The van der Waals surface area contributed by atoms with Crippen LogP contribution in [0, 0.1) is 6.92 Å². The number of benzene rings is 1. The Balaban J connectivity index is 2.20. The zero-order valence-electron chi connectivity index (χ0n) is 10.8. The van der Waals surface area contributed by atoms with Gasteiger partial charge in [0, 0.05) is 11.8 Å². The first-order chi connectivity index (χ1) is 9.08. The fourth-order valence-electron chi connectivity index (χ4n) is 1.68. The van der Waals surface area contributed by atoms with Crippen LogP contribution in [0.2, 0.25) is 0 Å². The molecule has 0 unspecified atom stereocenters. The number of para-hydroxylation sites is 1. The first-order valence-electron chi connectivity index (χ1n) is 6.00. The molecule has 2 aromatic rings. The summed E-state index contributed by atoms with van der Waals surface area (Å²) < 4.78 is 1.19. The van der Waals surface area contributed by atoms with Crippen molar-refractivity contribution in [1.82, 2.24) is 9.78 Å². The van der Waals surface area contributed by atoms with Gasteiger partial charge in [0.25, 0.3) is 5.56 Å². The van der Waals surface area contributed by atoms with Gasteiger partial charge >= 0.3 is 0 Å². The van der Waals surface area contributed by atoms with Gasteiger partial charge in [0.05, 0.1) is 5.69 Å². The van der Waals surface area contributed by atoms with Gasteiger partial charge in [0.2, 0.25) is 5.91 Å². The number of anilines is 1. The summed E-state index contributed by atoms with van der Waals surface area (Å²) in [4.78, 5) is 23.8. The van der Waals surface area contributed by atoms with E-state index in [0.717, 1.165) is 0 Å². The van der Waals surface area contributed by atoms with E-state index in [1.165, 1.54) is 10.7 Å². The molecule has 0 bridgehead atoms. The molecule has 1 atom stereocenters. The van der Waals surface area contributed by atoms with Crippen molar-refractivity contribution in [2.45, 2.75) is 19.9 Å². The van der Waals surface area contributed by atoms with Crippen LogP contribution >= 0.6 is 0 Å². The number of hydrogen-bond acceptors (Lipinski definition) is 3. The summed E-state index contributed by atoms with van der Waals surface area (Å²) in [5.41, 5.74) is 1.10. The van der Waals surface area contributed by atoms with Crippen molar-refractivity contribution in [2.75, 3.05) is 5.32 Å². The minimum absolute atomic E-state index is 0.272. The Bertz CT molecular complexity index is 635. The molecule has 1 aromatic heterocycles. The van der Waals surface area contributed by atoms with Crippen molar-refractivity contribution in [3.05, 3.63) is 58.5 Å². The Kier molecular flexibility index (Phi) is 3.75. The van der Waals surface area contributed by atoms with E-state index in [1.807, 2.05) is 18.2 Å². The molecule has 0 spiro atoms. The molecule has 2 rings (SSSR count). The Hall–Kier alpha value is -2.43. The summed E-state index contributed by atoms with van der Waals surface area (Å²) in [7, 11) is 0. The smallest absolute Gasteiger partial charge is 0.267 e. The number of carbonyl (C=O) groups excluding carboxylic acids is 1. The van der Waals surface area contributed by atoms with Gasteiger partial charge in [0.15, 0.2) is 0 Å². The number of amides is 1.